The van der Waals surface area contributed by atoms with Gasteiger partial charge in [-0.05, 0) is 5.56 Å². The van der Waals surface area contributed by atoms with Crippen LogP contribution in [-0.4, -0.2) is 12.1 Å². The number of nitrogens with zero attached hydrogens (tertiary/aromatic N) is 2. The van der Waals surface area contributed by atoms with Crippen molar-refractivity contribution in [2.45, 2.75) is 11.8 Å². The van der Waals surface area contributed by atoms with Crippen LogP contribution in [-0.2, 0) is 5.33 Å². The predicted molar refractivity (Wildman–Crippen MR) is 53.1 cm³/mol. The Hall–Kier alpha value is -1.22. The fourth-order valence-electron chi connectivity index (χ4n) is 1.13. The largest absolute Gasteiger partial charge is 0.481 e. The number of aromatic nitrogens is 1. The van der Waals surface area contributed by atoms with E-state index in [1.807, 2.05) is 0 Å². The summed E-state index contributed by atoms with van der Waals surface area (Å²) < 4.78 is 30.1. The van der Waals surface area contributed by atoms with E-state index < -0.39 is 6.43 Å². The molecule has 0 saturated heterocycles. The molecule has 0 aromatic carbocycles. The van der Waals surface area contributed by atoms with E-state index in [9.17, 15) is 8.78 Å². The molecule has 0 aliphatic carbocycles. The van der Waals surface area contributed by atoms with Crippen LogP contribution in [0.1, 0.15) is 23.2 Å². The van der Waals surface area contributed by atoms with Crippen LogP contribution in [0.15, 0.2) is 6.07 Å². The molecule has 1 rings (SSSR count). The van der Waals surface area contributed by atoms with Gasteiger partial charge >= 0.3 is 0 Å². The van der Waals surface area contributed by atoms with Gasteiger partial charge in [-0.25, -0.2) is 13.8 Å². The molecule has 0 atom stereocenters. The number of rotatable bonds is 3. The monoisotopic (exact) mass is 276 g/mol. The Labute approximate surface area is 93.8 Å². The van der Waals surface area contributed by atoms with Crippen LogP contribution in [0.5, 0.6) is 5.88 Å². The Morgan fingerprint density at radius 3 is 2.73 bits per heavy atom. The highest BCUT2D eigenvalue weighted by atomic mass is 79.9. The normalized spacial score (nSPS) is 10.1. The van der Waals surface area contributed by atoms with Gasteiger partial charge in [0.05, 0.1) is 12.7 Å². The first-order valence-electron chi connectivity index (χ1n) is 3.96. The second-order valence-corrected chi connectivity index (χ2v) is 3.19. The Kier molecular flexibility index (Phi) is 3.97. The first-order valence-corrected chi connectivity index (χ1v) is 5.08. The Balaban J connectivity index is 3.41. The van der Waals surface area contributed by atoms with Crippen LogP contribution in [0, 0.1) is 11.3 Å². The van der Waals surface area contributed by atoms with Gasteiger partial charge in [-0.2, -0.15) is 5.26 Å². The SMILES string of the molecule is COc1cc(CBr)c(C(F)F)c(C#N)n1. The van der Waals surface area contributed by atoms with E-state index in [1.165, 1.54) is 13.2 Å². The zero-order chi connectivity index (χ0) is 11.4. The molecule has 0 unspecified atom stereocenters. The number of halogens is 3. The molecule has 6 heteroatoms. The third-order valence-corrected chi connectivity index (χ3v) is 2.40. The van der Waals surface area contributed by atoms with Crippen LogP contribution in [0.3, 0.4) is 0 Å². The highest BCUT2D eigenvalue weighted by molar-refractivity contribution is 9.08. The maximum Gasteiger partial charge on any atom is 0.266 e. The van der Waals surface area contributed by atoms with Crippen molar-refractivity contribution in [3.63, 3.8) is 0 Å². The molecule has 1 aromatic heterocycles. The second-order valence-electron chi connectivity index (χ2n) is 2.63. The minimum Gasteiger partial charge on any atom is -0.481 e. The van der Waals surface area contributed by atoms with Crippen molar-refractivity contribution >= 4 is 15.9 Å². The third-order valence-electron chi connectivity index (χ3n) is 1.80. The van der Waals surface area contributed by atoms with Gasteiger partial charge in [0.1, 0.15) is 6.07 Å². The molecule has 1 aromatic rings. The van der Waals surface area contributed by atoms with Crippen molar-refractivity contribution in [3.05, 3.63) is 22.9 Å². The van der Waals surface area contributed by atoms with E-state index in [2.05, 4.69) is 20.9 Å². The van der Waals surface area contributed by atoms with E-state index in [4.69, 9.17) is 10.00 Å². The Morgan fingerprint density at radius 1 is 1.67 bits per heavy atom. The minimum absolute atomic E-state index is 0.158. The number of methoxy groups -OCH3 is 1. The standard InChI is InChI=1S/C9H7BrF2N2O/c1-15-7-2-5(3-10)8(9(11)12)6(4-13)14-7/h2,9H,3H2,1H3. The molecule has 0 bridgehead atoms. The predicted octanol–water partition coefficient (Wildman–Crippen LogP) is 2.79. The maximum atomic E-state index is 12.6. The van der Waals surface area contributed by atoms with Gasteiger partial charge in [0.25, 0.3) is 6.43 Å². The Morgan fingerprint density at radius 2 is 2.33 bits per heavy atom. The van der Waals surface area contributed by atoms with Gasteiger partial charge < -0.3 is 4.74 Å². The average molecular weight is 277 g/mol. The summed E-state index contributed by atoms with van der Waals surface area (Å²) in [5.41, 5.74) is -0.317. The zero-order valence-corrected chi connectivity index (χ0v) is 9.38. The fourth-order valence-corrected chi connectivity index (χ4v) is 1.59. The van der Waals surface area contributed by atoms with E-state index in [0.717, 1.165) is 0 Å². The van der Waals surface area contributed by atoms with Crippen molar-refractivity contribution in [1.82, 2.24) is 4.98 Å². The van der Waals surface area contributed by atoms with Gasteiger partial charge in [-0.15, -0.1) is 0 Å². The van der Waals surface area contributed by atoms with Gasteiger partial charge in [0, 0.05) is 11.4 Å². The van der Waals surface area contributed by atoms with Crippen LogP contribution in [0.25, 0.3) is 0 Å². The van der Waals surface area contributed by atoms with Gasteiger partial charge in [0.15, 0.2) is 5.69 Å². The van der Waals surface area contributed by atoms with Gasteiger partial charge in [-0.1, -0.05) is 15.9 Å². The number of alkyl halides is 3. The zero-order valence-electron chi connectivity index (χ0n) is 7.80. The van der Waals surface area contributed by atoms with E-state index in [0.29, 0.717) is 5.56 Å². The lowest BCUT2D eigenvalue weighted by atomic mass is 10.1. The second kappa shape index (κ2) is 5.03. The first kappa shape index (κ1) is 11.9. The molecule has 0 aliphatic heterocycles. The quantitative estimate of drug-likeness (QED) is 0.798. The molecule has 15 heavy (non-hydrogen) atoms. The number of pyridine rings is 1. The molecule has 1 heterocycles. The third kappa shape index (κ3) is 2.42. The highest BCUT2D eigenvalue weighted by Gasteiger charge is 2.20. The topological polar surface area (TPSA) is 45.9 Å². The molecular weight excluding hydrogens is 270 g/mol. The summed E-state index contributed by atoms with van der Waals surface area (Å²) in [6, 6.07) is 3.02. The number of hydrogen-bond donors (Lipinski definition) is 0. The van der Waals surface area contributed by atoms with E-state index >= 15 is 0 Å². The van der Waals surface area contributed by atoms with Crippen molar-refractivity contribution in [3.8, 4) is 11.9 Å². The molecule has 3 nitrogen and oxygen atoms in total. The maximum absolute atomic E-state index is 12.6. The van der Waals surface area contributed by atoms with Crippen molar-refractivity contribution in [2.24, 2.45) is 0 Å². The summed E-state index contributed by atoms with van der Waals surface area (Å²) in [4.78, 5) is 3.66. The van der Waals surface area contributed by atoms with Crippen LogP contribution in [0.2, 0.25) is 0 Å². The molecule has 0 N–H and O–H groups in total. The highest BCUT2D eigenvalue weighted by Crippen LogP contribution is 2.29. The van der Waals surface area contributed by atoms with Crippen molar-refractivity contribution in [2.75, 3.05) is 7.11 Å². The summed E-state index contributed by atoms with van der Waals surface area (Å²) in [6.45, 7) is 0. The molecule has 0 fully saturated rings. The minimum atomic E-state index is -2.72. The fraction of sp³-hybridized carbons (Fsp3) is 0.333. The lowest BCUT2D eigenvalue weighted by Gasteiger charge is -2.09. The van der Waals surface area contributed by atoms with E-state index in [1.54, 1.807) is 6.07 Å². The van der Waals surface area contributed by atoms with Crippen LogP contribution in [0.4, 0.5) is 8.78 Å². The smallest absolute Gasteiger partial charge is 0.266 e. The lowest BCUT2D eigenvalue weighted by molar-refractivity contribution is 0.149. The van der Waals surface area contributed by atoms with Crippen LogP contribution < -0.4 is 4.74 Å². The van der Waals surface area contributed by atoms with Crippen LogP contribution >= 0.6 is 15.9 Å². The number of nitriles is 1. The summed E-state index contributed by atoms with van der Waals surface area (Å²) >= 11 is 3.08. The van der Waals surface area contributed by atoms with Crippen molar-refractivity contribution in [1.29, 1.82) is 5.26 Å². The summed E-state index contributed by atoms with van der Waals surface area (Å²) in [6.07, 6.45) is -2.72. The molecule has 0 saturated carbocycles. The van der Waals surface area contributed by atoms with Gasteiger partial charge in [0.2, 0.25) is 5.88 Å². The molecule has 80 valence electrons. The molecular formula is C9H7BrF2N2O. The lowest BCUT2D eigenvalue weighted by Crippen LogP contribution is -2.02. The summed E-state index contributed by atoms with van der Waals surface area (Å²) in [7, 11) is 1.36. The molecule has 0 aliphatic rings. The van der Waals surface area contributed by atoms with Crippen molar-refractivity contribution < 1.29 is 13.5 Å². The number of hydrogen-bond acceptors (Lipinski definition) is 3. The Bertz CT molecular complexity index is 404. The molecule has 0 amide bonds. The average Bonchev–Trinajstić information content (AvgIpc) is 2.26. The summed E-state index contributed by atoms with van der Waals surface area (Å²) in [5.74, 6) is 0.158. The summed E-state index contributed by atoms with van der Waals surface area (Å²) in [5, 5.41) is 8.91. The molecule has 0 spiro atoms. The first-order chi connectivity index (χ1) is 7.13. The van der Waals surface area contributed by atoms with E-state index in [-0.39, 0.29) is 22.5 Å². The molecule has 0 radical (unpaired) electrons. The van der Waals surface area contributed by atoms with Gasteiger partial charge in [-0.3, -0.25) is 0 Å². The number of ether oxygens (including phenoxy) is 1.